The third kappa shape index (κ3) is 3.73. The molecule has 5 heterocycles. The molecule has 1 saturated heterocycles. The van der Waals surface area contributed by atoms with E-state index >= 15 is 0 Å². The van der Waals surface area contributed by atoms with E-state index in [-0.39, 0.29) is 12.5 Å². The topological polar surface area (TPSA) is 92.2 Å². The summed E-state index contributed by atoms with van der Waals surface area (Å²) in [7, 11) is 0. The average Bonchev–Trinajstić information content (AvgIpc) is 3.44. The van der Waals surface area contributed by atoms with Gasteiger partial charge in [-0.05, 0) is 6.07 Å². The van der Waals surface area contributed by atoms with E-state index in [0.717, 1.165) is 39.6 Å². The van der Waals surface area contributed by atoms with Crippen molar-refractivity contribution in [2.45, 2.75) is 6.54 Å². The predicted molar refractivity (Wildman–Crippen MR) is 111 cm³/mol. The maximum Gasteiger partial charge on any atom is 0.244 e. The molecule has 3 aromatic heterocycles. The highest BCUT2D eigenvalue weighted by Crippen LogP contribution is 2.34. The Hall–Kier alpha value is -2.85. The molecular weight excluding hydrogens is 390 g/mol. The van der Waals surface area contributed by atoms with Gasteiger partial charge in [0.15, 0.2) is 0 Å². The second-order valence-electron chi connectivity index (χ2n) is 6.89. The first-order valence-electron chi connectivity index (χ1n) is 9.55. The van der Waals surface area contributed by atoms with E-state index in [1.54, 1.807) is 22.8 Å². The minimum Gasteiger partial charge on any atom is -0.378 e. The summed E-state index contributed by atoms with van der Waals surface area (Å²) >= 11 is 1.79. The Morgan fingerprint density at radius 3 is 3.03 bits per heavy atom. The summed E-state index contributed by atoms with van der Waals surface area (Å²) < 4.78 is 7.02. The van der Waals surface area contributed by atoms with Gasteiger partial charge in [0.2, 0.25) is 5.91 Å². The van der Waals surface area contributed by atoms with Gasteiger partial charge in [-0.1, -0.05) is 0 Å². The van der Waals surface area contributed by atoms with Crippen LogP contribution in [0.25, 0.3) is 15.9 Å². The van der Waals surface area contributed by atoms with Crippen molar-refractivity contribution in [3.8, 4) is 0 Å². The molecule has 1 N–H and O–H groups in total. The van der Waals surface area contributed by atoms with Crippen molar-refractivity contribution >= 4 is 39.4 Å². The minimum absolute atomic E-state index is 0.0747. The summed E-state index contributed by atoms with van der Waals surface area (Å²) in [6.07, 6.45) is 9.32. The number of ether oxygens (including phenoxy) is 1. The van der Waals surface area contributed by atoms with E-state index in [0.29, 0.717) is 26.3 Å². The number of hydrogen-bond acceptors (Lipinski definition) is 7. The van der Waals surface area contributed by atoms with E-state index in [1.165, 1.54) is 0 Å². The summed E-state index contributed by atoms with van der Waals surface area (Å²) in [4.78, 5) is 29.4. The monoisotopic (exact) mass is 411 g/mol. The van der Waals surface area contributed by atoms with Crippen molar-refractivity contribution in [1.82, 2.24) is 29.6 Å². The van der Waals surface area contributed by atoms with Crippen LogP contribution in [0.5, 0.6) is 0 Å². The number of carbonyl (C=O) groups excluding carboxylic acids is 1. The summed E-state index contributed by atoms with van der Waals surface area (Å²) in [5, 5.41) is 5.40. The molecule has 10 heteroatoms. The zero-order valence-electron chi connectivity index (χ0n) is 15.8. The average molecular weight is 411 g/mol. The molecule has 0 unspecified atom stereocenters. The first-order valence-corrected chi connectivity index (χ1v) is 10.5. The van der Waals surface area contributed by atoms with Gasteiger partial charge in [-0.3, -0.25) is 9.48 Å². The zero-order valence-corrected chi connectivity index (χ0v) is 16.6. The molecule has 150 valence electrons. The molecule has 29 heavy (non-hydrogen) atoms. The Morgan fingerprint density at radius 2 is 2.14 bits per heavy atom. The molecular formula is C19H21N7O2S. The van der Waals surface area contributed by atoms with Crippen LogP contribution in [0.4, 0.5) is 5.82 Å². The van der Waals surface area contributed by atoms with Crippen molar-refractivity contribution in [2.75, 3.05) is 43.5 Å². The number of hydrogen-bond donors (Lipinski definition) is 1. The van der Waals surface area contributed by atoms with Gasteiger partial charge >= 0.3 is 0 Å². The lowest BCUT2D eigenvalue weighted by Gasteiger charge is -2.26. The number of rotatable bonds is 4. The first kappa shape index (κ1) is 18.2. The largest absolute Gasteiger partial charge is 0.378 e. The van der Waals surface area contributed by atoms with Gasteiger partial charge in [0.1, 0.15) is 24.3 Å². The van der Waals surface area contributed by atoms with Crippen LogP contribution in [-0.2, 0) is 16.1 Å². The number of amides is 1. The van der Waals surface area contributed by atoms with Gasteiger partial charge in [-0.25, -0.2) is 9.97 Å². The van der Waals surface area contributed by atoms with Gasteiger partial charge in [0.05, 0.1) is 24.8 Å². The molecule has 0 aromatic carbocycles. The van der Waals surface area contributed by atoms with Gasteiger partial charge in [-0.15, -0.1) is 11.8 Å². The van der Waals surface area contributed by atoms with Crippen LogP contribution in [0.15, 0.2) is 37.2 Å². The number of nitrogens with zero attached hydrogens (tertiary/aromatic N) is 6. The fourth-order valence-corrected chi connectivity index (χ4v) is 4.52. The van der Waals surface area contributed by atoms with Crippen LogP contribution >= 0.6 is 11.8 Å². The molecule has 1 fully saturated rings. The third-order valence-electron chi connectivity index (χ3n) is 5.05. The lowest BCUT2D eigenvalue weighted by atomic mass is 10.3. The molecule has 0 spiro atoms. The van der Waals surface area contributed by atoms with Crippen molar-refractivity contribution < 1.29 is 9.53 Å². The molecule has 0 saturated carbocycles. The lowest BCUT2D eigenvalue weighted by molar-refractivity contribution is -0.136. The number of H-pyrrole nitrogens is 1. The molecule has 0 bridgehead atoms. The Morgan fingerprint density at radius 1 is 1.24 bits per heavy atom. The quantitative estimate of drug-likeness (QED) is 0.697. The number of fused-ring (bicyclic) bond motifs is 1. The number of anilines is 1. The summed E-state index contributed by atoms with van der Waals surface area (Å²) in [5.41, 5.74) is 1.84. The van der Waals surface area contributed by atoms with Crippen molar-refractivity contribution in [2.24, 2.45) is 0 Å². The minimum atomic E-state index is 0.0747. The van der Waals surface area contributed by atoms with E-state index in [9.17, 15) is 4.79 Å². The smallest absolute Gasteiger partial charge is 0.244 e. The number of carbonyl (C=O) groups is 1. The predicted octanol–water partition coefficient (Wildman–Crippen LogP) is 1.56. The maximum absolute atomic E-state index is 12.5. The number of aromatic amines is 1. The summed E-state index contributed by atoms with van der Waals surface area (Å²) in [6.45, 7) is 3.62. The van der Waals surface area contributed by atoms with Crippen LogP contribution in [0.3, 0.4) is 0 Å². The number of morpholine rings is 1. The zero-order chi connectivity index (χ0) is 19.6. The summed E-state index contributed by atoms with van der Waals surface area (Å²) in [5.74, 6) is 1.91. The Balaban J connectivity index is 1.34. The Kier molecular flexibility index (Phi) is 4.94. The van der Waals surface area contributed by atoms with Gasteiger partial charge in [0, 0.05) is 54.4 Å². The highest BCUT2D eigenvalue weighted by Gasteiger charge is 2.20. The highest BCUT2D eigenvalue weighted by molar-refractivity contribution is 8.08. The molecule has 1 amide bonds. The second kappa shape index (κ2) is 7.88. The standard InChI is InChI=1S/C19H21N7O2S/c27-17(24-3-6-28-7-4-24)12-26-10-14(9-23-26)16-11-25(5-8-29-16)19-15-1-2-20-18(15)21-13-22-19/h1-2,9-11,13H,3-8,12H2,(H,20,21,22). The summed E-state index contributed by atoms with van der Waals surface area (Å²) in [6, 6.07) is 2.00. The Bertz CT molecular complexity index is 1050. The van der Waals surface area contributed by atoms with Crippen molar-refractivity contribution in [1.29, 1.82) is 0 Å². The molecule has 2 aliphatic rings. The van der Waals surface area contributed by atoms with E-state index in [1.807, 2.05) is 29.6 Å². The number of thioether (sulfide) groups is 1. The fourth-order valence-electron chi connectivity index (χ4n) is 3.54. The molecule has 0 aliphatic carbocycles. The Labute approximate surface area is 171 Å². The molecule has 9 nitrogen and oxygen atoms in total. The maximum atomic E-state index is 12.5. The highest BCUT2D eigenvalue weighted by atomic mass is 32.2. The number of aromatic nitrogens is 5. The van der Waals surface area contributed by atoms with Crippen LogP contribution in [-0.4, -0.2) is 74.1 Å². The van der Waals surface area contributed by atoms with Gasteiger partial charge in [0.25, 0.3) is 0 Å². The molecule has 2 aliphatic heterocycles. The van der Waals surface area contributed by atoms with Gasteiger partial charge in [-0.2, -0.15) is 5.10 Å². The third-order valence-corrected chi connectivity index (χ3v) is 6.09. The van der Waals surface area contributed by atoms with Gasteiger partial charge < -0.3 is 19.5 Å². The van der Waals surface area contributed by atoms with E-state index in [4.69, 9.17) is 4.74 Å². The van der Waals surface area contributed by atoms with Crippen LogP contribution in [0.1, 0.15) is 5.56 Å². The first-order chi connectivity index (χ1) is 14.3. The second-order valence-corrected chi connectivity index (χ2v) is 8.03. The van der Waals surface area contributed by atoms with E-state index < -0.39 is 0 Å². The fraction of sp³-hybridized carbons (Fsp3) is 0.368. The molecule has 3 aromatic rings. The molecule has 5 rings (SSSR count). The molecule has 0 atom stereocenters. The lowest BCUT2D eigenvalue weighted by Crippen LogP contribution is -2.42. The van der Waals surface area contributed by atoms with E-state index in [2.05, 4.69) is 31.2 Å². The molecule has 0 radical (unpaired) electrons. The van der Waals surface area contributed by atoms with Crippen LogP contribution < -0.4 is 4.90 Å². The SMILES string of the molecule is O=C(Cn1cc(C2=CN(c3ncnc4[nH]ccc34)CCS2)cn1)N1CCOCC1. The normalized spacial score (nSPS) is 17.6. The van der Waals surface area contributed by atoms with Crippen LogP contribution in [0.2, 0.25) is 0 Å². The van der Waals surface area contributed by atoms with Crippen molar-refractivity contribution in [3.05, 3.63) is 42.7 Å². The van der Waals surface area contributed by atoms with Crippen LogP contribution in [0, 0.1) is 0 Å². The number of nitrogens with one attached hydrogen (secondary N) is 1. The van der Waals surface area contributed by atoms with Crippen molar-refractivity contribution in [3.63, 3.8) is 0 Å².